The molecule has 1 N–H and O–H groups in total. The Morgan fingerprint density at radius 1 is 1.03 bits per heavy atom. The molecule has 1 aromatic heterocycles. The Morgan fingerprint density at radius 3 is 2.39 bits per heavy atom. The smallest absolute Gasteiger partial charge is 0.242 e. The molecule has 0 bridgehead atoms. The number of benzene rings is 2. The zero-order chi connectivity index (χ0) is 23.5. The second kappa shape index (κ2) is 10.00. The van der Waals surface area contributed by atoms with E-state index in [0.717, 1.165) is 47.4 Å². The minimum Gasteiger partial charge on any atom is -0.341 e. The van der Waals surface area contributed by atoms with E-state index in [2.05, 4.69) is 19.2 Å². The molecule has 0 saturated carbocycles. The lowest BCUT2D eigenvalue weighted by Gasteiger charge is -2.35. The van der Waals surface area contributed by atoms with Gasteiger partial charge in [-0.05, 0) is 55.4 Å². The first kappa shape index (κ1) is 23.4. The van der Waals surface area contributed by atoms with Gasteiger partial charge in [-0.15, -0.1) is 0 Å². The number of fused-ring (bicyclic) bond motifs is 1. The van der Waals surface area contributed by atoms with Crippen LogP contribution in [0.25, 0.3) is 11.0 Å². The summed E-state index contributed by atoms with van der Waals surface area (Å²) in [4.78, 5) is 32.6. The Morgan fingerprint density at radius 2 is 1.70 bits per heavy atom. The van der Waals surface area contributed by atoms with Crippen molar-refractivity contribution in [2.24, 2.45) is 11.8 Å². The first-order valence-electron chi connectivity index (χ1n) is 11.5. The molecule has 0 aliphatic carbocycles. The van der Waals surface area contributed by atoms with Crippen LogP contribution in [0, 0.1) is 25.7 Å². The largest absolute Gasteiger partial charge is 0.341 e. The van der Waals surface area contributed by atoms with Crippen LogP contribution in [0.2, 0.25) is 0 Å². The topological polar surface area (TPSA) is 67.2 Å². The summed E-state index contributed by atoms with van der Waals surface area (Å²) < 4.78 is 1.96. The highest BCUT2D eigenvalue weighted by molar-refractivity contribution is 7.99. The van der Waals surface area contributed by atoms with Crippen molar-refractivity contribution >= 4 is 40.3 Å². The summed E-state index contributed by atoms with van der Waals surface area (Å²) in [5.74, 6) is 1.28. The number of carbonyl (C=O) groups excluding carboxylic acids is 2. The van der Waals surface area contributed by atoms with Crippen LogP contribution >= 0.6 is 11.8 Å². The number of imidazole rings is 1. The highest BCUT2D eigenvalue weighted by Gasteiger charge is 2.26. The van der Waals surface area contributed by atoms with E-state index < -0.39 is 0 Å². The van der Waals surface area contributed by atoms with Crippen molar-refractivity contribution < 1.29 is 9.59 Å². The molecule has 2 aromatic carbocycles. The lowest BCUT2D eigenvalue weighted by Crippen LogP contribution is -2.44. The van der Waals surface area contributed by atoms with Crippen molar-refractivity contribution in [3.63, 3.8) is 0 Å². The molecule has 6 nitrogen and oxygen atoms in total. The van der Waals surface area contributed by atoms with Gasteiger partial charge in [0.2, 0.25) is 11.8 Å². The Balaban J connectivity index is 1.50. The number of piperidine rings is 1. The lowest BCUT2D eigenvalue weighted by molar-refractivity contribution is -0.134. The normalized spacial score (nSPS) is 18.5. The van der Waals surface area contributed by atoms with Crippen LogP contribution < -0.4 is 5.32 Å². The molecule has 33 heavy (non-hydrogen) atoms. The van der Waals surface area contributed by atoms with Gasteiger partial charge in [-0.2, -0.15) is 0 Å². The second-order valence-corrected chi connectivity index (χ2v) is 10.3. The van der Waals surface area contributed by atoms with Crippen LogP contribution in [-0.4, -0.2) is 45.1 Å². The maximum atomic E-state index is 13.2. The number of para-hydroxylation sites is 3. The van der Waals surface area contributed by atoms with Gasteiger partial charge in [-0.25, -0.2) is 4.98 Å². The molecule has 7 heteroatoms. The quantitative estimate of drug-likeness (QED) is 0.528. The van der Waals surface area contributed by atoms with Gasteiger partial charge in [0.1, 0.15) is 6.54 Å². The van der Waals surface area contributed by atoms with E-state index in [0.29, 0.717) is 17.0 Å². The van der Waals surface area contributed by atoms with E-state index in [4.69, 9.17) is 4.98 Å². The van der Waals surface area contributed by atoms with E-state index in [-0.39, 0.29) is 24.1 Å². The summed E-state index contributed by atoms with van der Waals surface area (Å²) in [7, 11) is 0. The maximum absolute atomic E-state index is 13.2. The molecule has 1 fully saturated rings. The van der Waals surface area contributed by atoms with E-state index in [9.17, 15) is 9.59 Å². The molecule has 0 spiro atoms. The van der Waals surface area contributed by atoms with E-state index in [1.165, 1.54) is 11.8 Å². The molecule has 174 valence electrons. The SMILES string of the molecule is Cc1cccc(C)c1NC(=O)CSc1nc2ccccc2n1CC(=O)N1C[C@H](C)C[C@H](C)C1. The molecule has 3 aromatic rings. The van der Waals surface area contributed by atoms with Crippen LogP contribution in [0.5, 0.6) is 0 Å². The number of carbonyl (C=O) groups is 2. The molecule has 1 saturated heterocycles. The number of nitrogens with one attached hydrogen (secondary N) is 1. The summed E-state index contributed by atoms with van der Waals surface area (Å²) in [6.07, 6.45) is 1.16. The van der Waals surface area contributed by atoms with Crippen molar-refractivity contribution in [1.29, 1.82) is 0 Å². The zero-order valence-electron chi connectivity index (χ0n) is 19.8. The fourth-order valence-corrected chi connectivity index (χ4v) is 5.55. The van der Waals surface area contributed by atoms with Crippen molar-refractivity contribution in [2.75, 3.05) is 24.2 Å². The lowest BCUT2D eigenvalue weighted by atomic mass is 9.92. The molecule has 0 unspecified atom stereocenters. The number of amides is 2. The molecular weight excluding hydrogens is 432 g/mol. The molecule has 2 atom stereocenters. The molecule has 1 aliphatic rings. The van der Waals surface area contributed by atoms with Gasteiger partial charge in [0.25, 0.3) is 0 Å². The predicted molar refractivity (Wildman–Crippen MR) is 135 cm³/mol. The number of hydrogen-bond acceptors (Lipinski definition) is 4. The van der Waals surface area contributed by atoms with Gasteiger partial charge in [0, 0.05) is 18.8 Å². The zero-order valence-corrected chi connectivity index (χ0v) is 20.6. The first-order valence-corrected chi connectivity index (χ1v) is 12.5. The Labute approximate surface area is 199 Å². The summed E-state index contributed by atoms with van der Waals surface area (Å²) in [6.45, 7) is 10.2. The third-order valence-corrected chi connectivity index (χ3v) is 7.19. The van der Waals surface area contributed by atoms with E-state index in [1.54, 1.807) is 0 Å². The van der Waals surface area contributed by atoms with Crippen molar-refractivity contribution in [1.82, 2.24) is 14.5 Å². The molecule has 0 radical (unpaired) electrons. The first-order chi connectivity index (χ1) is 15.8. The Hall–Kier alpha value is -2.80. The minimum atomic E-state index is -0.0824. The van der Waals surface area contributed by atoms with Gasteiger partial charge in [-0.1, -0.05) is 55.9 Å². The molecule has 1 aliphatic heterocycles. The van der Waals surface area contributed by atoms with Crippen LogP contribution in [-0.2, 0) is 16.1 Å². The van der Waals surface area contributed by atoms with Crippen LogP contribution in [0.1, 0.15) is 31.4 Å². The Bertz CT molecular complexity index is 1140. The predicted octanol–water partition coefficient (Wildman–Crippen LogP) is 4.89. The highest BCUT2D eigenvalue weighted by Crippen LogP contribution is 2.27. The van der Waals surface area contributed by atoms with Crippen molar-refractivity contribution in [3.8, 4) is 0 Å². The summed E-state index contributed by atoms with van der Waals surface area (Å²) in [5, 5.41) is 3.73. The van der Waals surface area contributed by atoms with Crippen molar-refractivity contribution in [3.05, 3.63) is 53.6 Å². The number of nitrogens with zero attached hydrogens (tertiary/aromatic N) is 3. The third kappa shape index (κ3) is 5.41. The highest BCUT2D eigenvalue weighted by atomic mass is 32.2. The van der Waals surface area contributed by atoms with Gasteiger partial charge in [-0.3, -0.25) is 9.59 Å². The van der Waals surface area contributed by atoms with Gasteiger partial charge >= 0.3 is 0 Å². The number of rotatable bonds is 6. The van der Waals surface area contributed by atoms with Gasteiger partial charge in [0.05, 0.1) is 16.8 Å². The molecule has 4 rings (SSSR count). The van der Waals surface area contributed by atoms with Crippen LogP contribution in [0.15, 0.2) is 47.6 Å². The van der Waals surface area contributed by atoms with E-state index >= 15 is 0 Å². The van der Waals surface area contributed by atoms with Gasteiger partial charge < -0.3 is 14.8 Å². The summed E-state index contributed by atoms with van der Waals surface area (Å²) in [6, 6.07) is 13.8. The minimum absolute atomic E-state index is 0.0824. The number of aromatic nitrogens is 2. The fourth-order valence-electron chi connectivity index (χ4n) is 4.74. The summed E-state index contributed by atoms with van der Waals surface area (Å²) >= 11 is 1.37. The Kier molecular flexibility index (Phi) is 7.08. The van der Waals surface area contributed by atoms with Gasteiger partial charge in [0.15, 0.2) is 5.16 Å². The molecule has 2 heterocycles. The average molecular weight is 465 g/mol. The third-order valence-electron chi connectivity index (χ3n) is 6.21. The average Bonchev–Trinajstić information content (AvgIpc) is 3.11. The van der Waals surface area contributed by atoms with Crippen LogP contribution in [0.4, 0.5) is 5.69 Å². The second-order valence-electron chi connectivity index (χ2n) is 9.32. The number of likely N-dealkylation sites (tertiary alicyclic amines) is 1. The monoisotopic (exact) mass is 464 g/mol. The number of aryl methyl sites for hydroxylation is 2. The molecule has 2 amide bonds. The van der Waals surface area contributed by atoms with E-state index in [1.807, 2.05) is 65.8 Å². The number of hydrogen-bond donors (Lipinski definition) is 1. The number of thioether (sulfide) groups is 1. The standard InChI is InChI=1S/C26H32N4O2S/c1-17-12-18(2)14-29(13-17)24(32)15-30-22-11-6-5-10-21(22)27-26(30)33-16-23(31)28-25-19(3)8-7-9-20(25)4/h5-11,17-18H,12-16H2,1-4H3,(H,28,31)/t17-,18+. The van der Waals surface area contributed by atoms with Crippen LogP contribution in [0.3, 0.4) is 0 Å². The fraction of sp³-hybridized carbons (Fsp3) is 0.423. The molecular formula is C26H32N4O2S. The maximum Gasteiger partial charge on any atom is 0.242 e. The van der Waals surface area contributed by atoms with Crippen molar-refractivity contribution in [2.45, 2.75) is 45.8 Å². The summed E-state index contributed by atoms with van der Waals surface area (Å²) in [5.41, 5.74) is 4.69. The number of anilines is 1.